The molecule has 5 atom stereocenters. The van der Waals surface area contributed by atoms with Gasteiger partial charge in [0.25, 0.3) is 10.1 Å². The van der Waals surface area contributed by atoms with Crippen molar-refractivity contribution < 1.29 is 42.6 Å². The Hall–Kier alpha value is -1.63. The average Bonchev–Trinajstić information content (AvgIpc) is 2.47. The third-order valence-corrected chi connectivity index (χ3v) is 4.15. The topological polar surface area (TPSA) is 163 Å². The number of hydrogen-bond donors (Lipinski definition) is 4. The molecule has 128 valence electrons. The van der Waals surface area contributed by atoms with E-state index in [2.05, 4.69) is 4.98 Å². The predicted octanol–water partition coefficient (Wildman–Crippen LogP) is -1.68. The predicted molar refractivity (Wildman–Crippen MR) is 73.1 cm³/mol. The van der Waals surface area contributed by atoms with E-state index in [1.54, 1.807) is 0 Å². The lowest BCUT2D eigenvalue weighted by atomic mass is 10.1. The Morgan fingerprint density at radius 1 is 1.22 bits per heavy atom. The number of ketones is 1. The molecule has 0 bridgehead atoms. The first-order valence-electron chi connectivity index (χ1n) is 6.41. The maximum absolute atomic E-state index is 11.1. The van der Waals surface area contributed by atoms with Crippen LogP contribution in [-0.4, -0.2) is 69.1 Å². The van der Waals surface area contributed by atoms with Gasteiger partial charge in [0.15, 0.2) is 5.78 Å². The molecule has 11 heteroatoms. The second kappa shape index (κ2) is 6.47. The summed E-state index contributed by atoms with van der Waals surface area (Å²) >= 11 is 0. The van der Waals surface area contributed by atoms with E-state index in [9.17, 15) is 28.5 Å². The third kappa shape index (κ3) is 3.83. The zero-order valence-corrected chi connectivity index (χ0v) is 12.6. The molecule has 1 fully saturated rings. The van der Waals surface area contributed by atoms with Crippen LogP contribution >= 0.6 is 0 Å². The molecule has 0 aliphatic carbocycles. The lowest BCUT2D eigenvalue weighted by molar-refractivity contribution is -0.254. The normalized spacial score (nSPS) is 31.6. The summed E-state index contributed by atoms with van der Waals surface area (Å²) in [6, 6.07) is 2.65. The van der Waals surface area contributed by atoms with Crippen molar-refractivity contribution in [2.24, 2.45) is 0 Å². The second-order valence-electron chi connectivity index (χ2n) is 4.91. The van der Waals surface area contributed by atoms with Crippen molar-refractivity contribution in [3.8, 4) is 5.75 Å². The summed E-state index contributed by atoms with van der Waals surface area (Å²) in [6.45, 7) is 1.31. The number of carbonyl (C=O) groups is 1. The summed E-state index contributed by atoms with van der Waals surface area (Å²) in [5.41, 5.74) is -2.02. The first-order valence-corrected chi connectivity index (χ1v) is 7.91. The Morgan fingerprint density at radius 2 is 1.87 bits per heavy atom. The van der Waals surface area contributed by atoms with Gasteiger partial charge in [0.2, 0.25) is 11.7 Å². The summed E-state index contributed by atoms with van der Waals surface area (Å²) in [4.78, 5) is 14.9. The number of aliphatic hydroxyl groups excluding tert-OH is 3. The second-order valence-corrected chi connectivity index (χ2v) is 6.41. The number of hydrogen-bond acceptors (Lipinski definition) is 9. The van der Waals surface area contributed by atoms with Gasteiger partial charge in [0.05, 0.1) is 6.20 Å². The molecule has 2 rings (SSSR count). The molecule has 4 N–H and O–H groups in total. The molecule has 0 saturated carbocycles. The van der Waals surface area contributed by atoms with Gasteiger partial charge in [-0.15, -0.1) is 0 Å². The van der Waals surface area contributed by atoms with Crippen LogP contribution in [0.2, 0.25) is 0 Å². The van der Waals surface area contributed by atoms with Crippen LogP contribution in [-0.2, 0) is 14.9 Å². The molecule has 23 heavy (non-hydrogen) atoms. The zero-order chi connectivity index (χ0) is 17.4. The fourth-order valence-electron chi connectivity index (χ4n) is 1.95. The minimum Gasteiger partial charge on any atom is -0.460 e. The van der Waals surface area contributed by atoms with Crippen molar-refractivity contribution in [1.29, 1.82) is 0 Å². The highest BCUT2D eigenvalue weighted by molar-refractivity contribution is 7.86. The van der Waals surface area contributed by atoms with E-state index < -0.39 is 40.2 Å². The van der Waals surface area contributed by atoms with Gasteiger partial charge >= 0.3 is 0 Å². The van der Waals surface area contributed by atoms with Crippen LogP contribution in [0.4, 0.5) is 0 Å². The van der Waals surface area contributed by atoms with Crippen molar-refractivity contribution in [2.45, 2.75) is 37.0 Å². The van der Waals surface area contributed by atoms with Gasteiger partial charge < -0.3 is 24.8 Å². The molecule has 1 aromatic heterocycles. The van der Waals surface area contributed by atoms with Crippen LogP contribution in [0.1, 0.15) is 17.4 Å². The van der Waals surface area contributed by atoms with Gasteiger partial charge in [-0.05, 0) is 12.1 Å². The number of carbonyl (C=O) groups excluding carboxylic acids is 1. The summed E-state index contributed by atoms with van der Waals surface area (Å²) in [6.07, 6.45) is -6.32. The molecule has 2 heterocycles. The molecule has 1 aliphatic rings. The molecule has 10 nitrogen and oxygen atoms in total. The van der Waals surface area contributed by atoms with E-state index in [0.29, 0.717) is 0 Å². The van der Waals surface area contributed by atoms with Crippen molar-refractivity contribution in [2.75, 3.05) is 0 Å². The van der Waals surface area contributed by atoms with E-state index in [1.807, 2.05) is 0 Å². The van der Waals surface area contributed by atoms with Gasteiger partial charge in [0.1, 0.15) is 29.8 Å². The molecular weight excluding hydrogens is 334 g/mol. The lowest BCUT2D eigenvalue weighted by Gasteiger charge is -2.38. The molecule has 0 spiro atoms. The summed E-state index contributed by atoms with van der Waals surface area (Å²) in [7, 11) is -4.86. The van der Waals surface area contributed by atoms with Crippen LogP contribution in [0, 0.1) is 0 Å². The number of Topliss-reactive ketones (excluding diaryl/α,β-unsaturated/α-hetero) is 1. The maximum atomic E-state index is 11.1. The maximum Gasteiger partial charge on any atom is 0.295 e. The summed E-state index contributed by atoms with van der Waals surface area (Å²) < 4.78 is 41.2. The van der Waals surface area contributed by atoms with Gasteiger partial charge in [0, 0.05) is 6.92 Å². The molecule has 1 aromatic rings. The first-order chi connectivity index (χ1) is 10.6. The molecule has 1 saturated heterocycles. The van der Waals surface area contributed by atoms with Crippen molar-refractivity contribution in [3.05, 3.63) is 24.0 Å². The van der Waals surface area contributed by atoms with E-state index in [0.717, 1.165) is 6.20 Å². The van der Waals surface area contributed by atoms with Crippen LogP contribution in [0.25, 0.3) is 0 Å². The first kappa shape index (κ1) is 17.7. The van der Waals surface area contributed by atoms with Crippen molar-refractivity contribution in [3.63, 3.8) is 0 Å². The smallest absolute Gasteiger partial charge is 0.295 e. The average molecular weight is 349 g/mol. The van der Waals surface area contributed by atoms with E-state index in [1.165, 1.54) is 19.1 Å². The number of ether oxygens (including phenoxy) is 2. The Balaban J connectivity index is 2.19. The Bertz CT molecular complexity index is 674. The molecular formula is C12H15NO9S. The molecule has 0 aromatic carbocycles. The third-order valence-electron chi connectivity index (χ3n) is 3.17. The highest BCUT2D eigenvalue weighted by Gasteiger charge is 2.50. The molecule has 1 aliphatic heterocycles. The fourth-order valence-corrected chi connectivity index (χ4v) is 2.72. The van der Waals surface area contributed by atoms with Gasteiger partial charge in [-0.2, -0.15) is 8.42 Å². The Kier molecular flexibility index (Phi) is 4.98. The molecule has 1 unspecified atom stereocenters. The van der Waals surface area contributed by atoms with Gasteiger partial charge in [-0.25, -0.2) is 4.98 Å². The summed E-state index contributed by atoms with van der Waals surface area (Å²) in [5.74, 6) is -0.271. The number of rotatable bonds is 4. The van der Waals surface area contributed by atoms with Crippen LogP contribution < -0.4 is 4.74 Å². The minimum absolute atomic E-state index is 0.0109. The summed E-state index contributed by atoms with van der Waals surface area (Å²) in [5, 5.41) is 29.0. The van der Waals surface area contributed by atoms with Gasteiger partial charge in [-0.1, -0.05) is 0 Å². The molecule has 0 amide bonds. The highest BCUT2D eigenvalue weighted by atomic mass is 32.2. The number of aliphatic hydroxyl groups is 3. The molecule has 0 radical (unpaired) electrons. The minimum atomic E-state index is -4.86. The van der Waals surface area contributed by atoms with E-state index in [4.69, 9.17) is 14.0 Å². The van der Waals surface area contributed by atoms with Gasteiger partial charge in [-0.3, -0.25) is 9.35 Å². The zero-order valence-electron chi connectivity index (χ0n) is 11.8. The van der Waals surface area contributed by atoms with Crippen LogP contribution in [0.5, 0.6) is 5.75 Å². The van der Waals surface area contributed by atoms with Crippen molar-refractivity contribution >= 4 is 15.9 Å². The van der Waals surface area contributed by atoms with Crippen molar-refractivity contribution in [1.82, 2.24) is 4.98 Å². The lowest BCUT2D eigenvalue weighted by Crippen LogP contribution is -2.61. The van der Waals surface area contributed by atoms with Crippen LogP contribution in [0.3, 0.4) is 0 Å². The number of pyridine rings is 1. The standard InChI is InChI=1S/C12H15NO9S/c1-5(14)7-3-2-6(4-13-7)21-11-9(16)8(15)10(17)12(22-11)23(18,19)20/h2-4,8-12,15-17H,1H3,(H,18,19,20)/t8-,9-,10+,11-,12?/m1/s1. The van der Waals surface area contributed by atoms with E-state index >= 15 is 0 Å². The quantitative estimate of drug-likeness (QED) is 0.364. The fraction of sp³-hybridized carbons (Fsp3) is 0.500. The SMILES string of the molecule is CC(=O)c1ccc(O[C@@H]2OC(S(=O)(=O)O)[C@@H](O)[C@H](O)[C@H]2O)cn1. The Labute approximate surface area is 131 Å². The Morgan fingerprint density at radius 3 is 2.35 bits per heavy atom. The number of nitrogens with zero attached hydrogens (tertiary/aromatic N) is 1. The van der Waals surface area contributed by atoms with Crippen LogP contribution in [0.15, 0.2) is 18.3 Å². The monoisotopic (exact) mass is 349 g/mol. The highest BCUT2D eigenvalue weighted by Crippen LogP contribution is 2.26. The number of aromatic nitrogens is 1. The largest absolute Gasteiger partial charge is 0.460 e. The van der Waals surface area contributed by atoms with E-state index in [-0.39, 0.29) is 17.2 Å².